The summed E-state index contributed by atoms with van der Waals surface area (Å²) in [4.78, 5) is 12.9. The van der Waals surface area contributed by atoms with Crippen LogP contribution in [0.15, 0.2) is 11.6 Å². The zero-order valence-corrected chi connectivity index (χ0v) is 23.3. The Morgan fingerprint density at radius 3 is 2.08 bits per heavy atom. The molecule has 5 aliphatic carbocycles. The first-order valence-electron chi connectivity index (χ1n) is 14.1. The van der Waals surface area contributed by atoms with E-state index < -0.39 is 40.7 Å². The molecule has 4 saturated carbocycles. The summed E-state index contributed by atoms with van der Waals surface area (Å²) in [5, 5.41) is 56.1. The average molecular weight is 505 g/mol. The maximum atomic E-state index is 12.9. The number of carboxylic acids is 1. The van der Waals surface area contributed by atoms with E-state index in [1.54, 1.807) is 13.8 Å². The lowest BCUT2D eigenvalue weighted by atomic mass is 9.32. The molecule has 204 valence electrons. The van der Waals surface area contributed by atoms with Gasteiger partial charge in [0.15, 0.2) is 0 Å². The van der Waals surface area contributed by atoms with Crippen LogP contribution in [0, 0.1) is 44.8 Å². The fraction of sp³-hybridized carbons (Fsp3) is 0.900. The van der Waals surface area contributed by atoms with Gasteiger partial charge in [0.25, 0.3) is 0 Å². The van der Waals surface area contributed by atoms with E-state index in [4.69, 9.17) is 0 Å². The van der Waals surface area contributed by atoms with Gasteiger partial charge in [-0.3, -0.25) is 4.79 Å². The number of hydrogen-bond donors (Lipinski definition) is 5. The Hall–Kier alpha value is -0.950. The molecule has 36 heavy (non-hydrogen) atoms. The molecule has 0 aromatic carbocycles. The van der Waals surface area contributed by atoms with Crippen LogP contribution in [-0.4, -0.2) is 54.9 Å². The van der Waals surface area contributed by atoms with Crippen LogP contribution in [0.25, 0.3) is 0 Å². The minimum Gasteiger partial charge on any atom is -0.481 e. The van der Waals surface area contributed by atoms with Crippen molar-refractivity contribution >= 4 is 5.97 Å². The Morgan fingerprint density at radius 1 is 0.861 bits per heavy atom. The zero-order chi connectivity index (χ0) is 26.9. The van der Waals surface area contributed by atoms with Gasteiger partial charge < -0.3 is 25.5 Å². The molecule has 6 nitrogen and oxygen atoms in total. The highest BCUT2D eigenvalue weighted by molar-refractivity contribution is 5.77. The van der Waals surface area contributed by atoms with Gasteiger partial charge >= 0.3 is 5.97 Å². The molecule has 5 N–H and O–H groups in total. The fourth-order valence-electron chi connectivity index (χ4n) is 10.7. The molecule has 6 heteroatoms. The van der Waals surface area contributed by atoms with Crippen molar-refractivity contribution in [3.05, 3.63) is 11.6 Å². The number of aliphatic carboxylic acids is 1. The van der Waals surface area contributed by atoms with Gasteiger partial charge in [0.2, 0.25) is 0 Å². The van der Waals surface area contributed by atoms with Crippen LogP contribution in [-0.2, 0) is 4.79 Å². The monoisotopic (exact) mass is 504 g/mol. The van der Waals surface area contributed by atoms with Crippen LogP contribution in [0.5, 0.6) is 0 Å². The minimum atomic E-state index is -1.57. The maximum absolute atomic E-state index is 12.9. The Balaban J connectivity index is 1.67. The predicted octanol–water partition coefficient (Wildman–Crippen LogP) is 4.29. The third-order valence-electron chi connectivity index (χ3n) is 13.7. The third-order valence-corrected chi connectivity index (χ3v) is 13.7. The summed E-state index contributed by atoms with van der Waals surface area (Å²) in [5.41, 5.74) is -4.26. The van der Waals surface area contributed by atoms with Crippen LogP contribution in [0.1, 0.15) is 99.8 Å². The molecule has 5 rings (SSSR count). The van der Waals surface area contributed by atoms with E-state index in [1.165, 1.54) is 0 Å². The molecule has 0 saturated heterocycles. The van der Waals surface area contributed by atoms with Crippen molar-refractivity contribution in [3.8, 4) is 0 Å². The molecule has 0 radical (unpaired) electrons. The first-order chi connectivity index (χ1) is 16.3. The number of aliphatic hydroxyl groups excluding tert-OH is 2. The van der Waals surface area contributed by atoms with Crippen molar-refractivity contribution in [2.75, 3.05) is 0 Å². The van der Waals surface area contributed by atoms with E-state index >= 15 is 0 Å². The Morgan fingerprint density at radius 2 is 1.47 bits per heavy atom. The lowest BCUT2D eigenvalue weighted by Gasteiger charge is -2.72. The summed E-state index contributed by atoms with van der Waals surface area (Å²) in [6.07, 6.45) is 5.78. The molecule has 4 fully saturated rings. The molecule has 0 heterocycles. The summed E-state index contributed by atoms with van der Waals surface area (Å²) in [6.45, 7) is 14.4. The number of allylic oxidation sites excluding steroid dienone is 1. The van der Waals surface area contributed by atoms with Crippen molar-refractivity contribution in [2.45, 2.75) is 123 Å². The lowest BCUT2D eigenvalue weighted by molar-refractivity contribution is -0.258. The van der Waals surface area contributed by atoms with Gasteiger partial charge in [0, 0.05) is 17.8 Å². The van der Waals surface area contributed by atoms with Gasteiger partial charge in [-0.2, -0.15) is 0 Å². The van der Waals surface area contributed by atoms with Gasteiger partial charge in [-0.25, -0.2) is 0 Å². The van der Waals surface area contributed by atoms with Crippen LogP contribution >= 0.6 is 0 Å². The van der Waals surface area contributed by atoms with E-state index in [0.717, 1.165) is 24.8 Å². The first-order valence-corrected chi connectivity index (χ1v) is 14.1. The van der Waals surface area contributed by atoms with E-state index in [-0.39, 0.29) is 39.9 Å². The fourth-order valence-corrected chi connectivity index (χ4v) is 10.7. The number of carboxylic acid groups (broad SMARTS) is 1. The van der Waals surface area contributed by atoms with Crippen molar-refractivity contribution < 1.29 is 30.3 Å². The third kappa shape index (κ3) is 2.80. The number of rotatable bonds is 1. The van der Waals surface area contributed by atoms with Crippen molar-refractivity contribution in [1.29, 1.82) is 0 Å². The molecule has 5 aliphatic rings. The average Bonchev–Trinajstić information content (AvgIpc) is 2.76. The second-order valence-corrected chi connectivity index (χ2v) is 15.1. The molecule has 0 amide bonds. The first kappa shape index (κ1) is 26.6. The second kappa shape index (κ2) is 7.37. The smallest absolute Gasteiger partial charge is 0.310 e. The van der Waals surface area contributed by atoms with Gasteiger partial charge in [0.1, 0.15) is 0 Å². The summed E-state index contributed by atoms with van der Waals surface area (Å²) >= 11 is 0. The Kier molecular flexibility index (Phi) is 5.45. The number of hydrogen-bond acceptors (Lipinski definition) is 5. The predicted molar refractivity (Wildman–Crippen MR) is 137 cm³/mol. The Labute approximate surface area is 216 Å². The minimum absolute atomic E-state index is 0.172. The van der Waals surface area contributed by atoms with Gasteiger partial charge in [-0.05, 0) is 86.9 Å². The number of carbonyl (C=O) groups is 1. The maximum Gasteiger partial charge on any atom is 0.310 e. The summed E-state index contributed by atoms with van der Waals surface area (Å²) in [7, 11) is 0. The molecule has 0 spiro atoms. The van der Waals surface area contributed by atoms with E-state index in [0.29, 0.717) is 25.7 Å². The van der Waals surface area contributed by atoms with Gasteiger partial charge in [0.05, 0.1) is 28.8 Å². The second-order valence-electron chi connectivity index (χ2n) is 15.1. The van der Waals surface area contributed by atoms with Gasteiger partial charge in [-0.15, -0.1) is 0 Å². The molecule has 11 atom stereocenters. The summed E-state index contributed by atoms with van der Waals surface area (Å²) in [5.74, 6) is -1.18. The summed E-state index contributed by atoms with van der Waals surface area (Å²) in [6, 6.07) is 0. The van der Waals surface area contributed by atoms with Crippen LogP contribution in [0.3, 0.4) is 0 Å². The van der Waals surface area contributed by atoms with Crippen molar-refractivity contribution in [3.63, 3.8) is 0 Å². The van der Waals surface area contributed by atoms with E-state index in [9.17, 15) is 30.3 Å². The topological polar surface area (TPSA) is 118 Å². The molecule has 0 aromatic heterocycles. The van der Waals surface area contributed by atoms with Crippen LogP contribution in [0.4, 0.5) is 0 Å². The molecular formula is C30H48O6. The highest BCUT2D eigenvalue weighted by atomic mass is 16.4. The molecule has 0 aliphatic heterocycles. The largest absolute Gasteiger partial charge is 0.481 e. The standard InChI is InChI=1S/C30H48O6/c1-24(2)18-10-11-26(4)19(28(18,6)21(32)16-20(24)31)9-8-17-22-29(7,36)27(5,35)13-15-30(22,23(33)34)14-12-25(17,26)3/h8,18-22,31-32,35-36H,9-16H2,1-7H3,(H,33,34). The Bertz CT molecular complexity index is 997. The van der Waals surface area contributed by atoms with Crippen LogP contribution < -0.4 is 0 Å². The number of aliphatic hydroxyl groups is 4. The van der Waals surface area contributed by atoms with E-state index in [2.05, 4.69) is 40.7 Å². The molecule has 0 aromatic rings. The molecule has 11 unspecified atom stereocenters. The van der Waals surface area contributed by atoms with Crippen molar-refractivity contribution in [2.24, 2.45) is 44.8 Å². The van der Waals surface area contributed by atoms with Crippen molar-refractivity contribution in [1.82, 2.24) is 0 Å². The zero-order valence-electron chi connectivity index (χ0n) is 23.3. The highest BCUT2D eigenvalue weighted by Crippen LogP contribution is 2.76. The van der Waals surface area contributed by atoms with Crippen LogP contribution in [0.2, 0.25) is 0 Å². The molecule has 0 bridgehead atoms. The summed E-state index contributed by atoms with van der Waals surface area (Å²) < 4.78 is 0. The van der Waals surface area contributed by atoms with Gasteiger partial charge in [-0.1, -0.05) is 46.3 Å². The normalized spacial score (nSPS) is 58.0. The van der Waals surface area contributed by atoms with E-state index in [1.807, 2.05) is 0 Å². The quantitative estimate of drug-likeness (QED) is 0.340. The SMILES string of the molecule is CC1(C)C(O)CC(O)C2(C)C1CCC1(C)C2CC=C2C3C(C(=O)O)(CCC(C)(O)C3(C)O)CCC21C. The highest BCUT2D eigenvalue weighted by Gasteiger charge is 2.73. The number of fused-ring (bicyclic) bond motifs is 7. The molecular weight excluding hydrogens is 456 g/mol. The lowest BCUT2D eigenvalue weighted by Crippen LogP contribution is -2.72.